The zero-order valence-electron chi connectivity index (χ0n) is 14.4. The molecule has 1 saturated carbocycles. The summed E-state index contributed by atoms with van der Waals surface area (Å²) in [6.07, 6.45) is 13.0. The van der Waals surface area contributed by atoms with E-state index in [1.807, 2.05) is 0 Å². The Bertz CT molecular complexity index is 532. The van der Waals surface area contributed by atoms with Crippen molar-refractivity contribution in [2.75, 3.05) is 0 Å². The summed E-state index contributed by atoms with van der Waals surface area (Å²) in [6.45, 7) is 9.14. The average Bonchev–Trinajstić information content (AvgIpc) is 2.46. The highest BCUT2D eigenvalue weighted by Crippen LogP contribution is 2.61. The highest BCUT2D eigenvalue weighted by molar-refractivity contribution is 6.64. The van der Waals surface area contributed by atoms with Crippen LogP contribution in [-0.2, 0) is 4.79 Å². The fraction of sp³-hybridized carbons (Fsp3) is 0.750. The van der Waals surface area contributed by atoms with Crippen molar-refractivity contribution in [2.45, 2.75) is 59.8 Å². The molecule has 0 bridgehead atoms. The van der Waals surface area contributed by atoms with Crippen molar-refractivity contribution < 1.29 is 4.79 Å². The average molecular weight is 321 g/mol. The first-order valence-corrected chi connectivity index (χ1v) is 9.26. The Hall–Kier alpha value is -0.560. The smallest absolute Gasteiger partial charge is 0.228 e. The topological polar surface area (TPSA) is 17.1 Å². The molecule has 0 radical (unpaired) electrons. The van der Waals surface area contributed by atoms with Crippen LogP contribution in [0.5, 0.6) is 0 Å². The molecule has 0 saturated heterocycles. The molecule has 2 heteroatoms. The minimum absolute atomic E-state index is 0.142. The maximum absolute atomic E-state index is 12.1. The minimum atomic E-state index is -0.383. The lowest BCUT2D eigenvalue weighted by molar-refractivity contribution is -0.129. The fourth-order valence-electron chi connectivity index (χ4n) is 5.51. The van der Waals surface area contributed by atoms with Gasteiger partial charge in [-0.3, -0.25) is 4.79 Å². The lowest BCUT2D eigenvalue weighted by atomic mass is 9.48. The Balaban J connectivity index is 2.01. The van der Waals surface area contributed by atoms with Gasteiger partial charge in [-0.05, 0) is 71.9 Å². The Morgan fingerprint density at radius 2 is 2.00 bits per heavy atom. The maximum Gasteiger partial charge on any atom is 0.228 e. The molecule has 0 aromatic heterocycles. The summed E-state index contributed by atoms with van der Waals surface area (Å²) >= 11 is 6.03. The number of carbonyl (C=O) groups excluding carboxylic acids is 1. The molecule has 1 fully saturated rings. The Labute approximate surface area is 140 Å². The highest BCUT2D eigenvalue weighted by atomic mass is 35.5. The summed E-state index contributed by atoms with van der Waals surface area (Å²) in [7, 11) is 0. The summed E-state index contributed by atoms with van der Waals surface area (Å²) in [6, 6.07) is 0. The number of allylic oxidation sites excluding steroid dienone is 4. The standard InChI is InChI=1S/C20H29ClO/c1-13(2)14-6-8-16-15(12-14)7-9-17-19(16,3)10-5-11-20(17,4)18(21)22/h7,9,12-14,16-17H,5-6,8,10-11H2,1-4H3/t14?,16?,17?,19-,20-/m1/s1. The molecule has 0 N–H and O–H groups in total. The fourth-order valence-corrected chi connectivity index (χ4v) is 5.72. The molecule has 122 valence electrons. The SMILES string of the molecule is CC(C)C1C=C2C=CC3[C@](C)(CCC[C@@]3(C)C(=O)Cl)C2CC1. The molecule has 0 aliphatic heterocycles. The van der Waals surface area contributed by atoms with Gasteiger partial charge in [-0.25, -0.2) is 0 Å². The second kappa shape index (κ2) is 5.51. The summed E-state index contributed by atoms with van der Waals surface area (Å²) in [4.78, 5) is 12.1. The second-order valence-electron chi connectivity index (χ2n) is 8.59. The molecular formula is C20H29ClO. The van der Waals surface area contributed by atoms with E-state index < -0.39 is 0 Å². The molecule has 3 aliphatic rings. The van der Waals surface area contributed by atoms with Gasteiger partial charge in [0.2, 0.25) is 5.24 Å². The molecule has 0 amide bonds. The monoisotopic (exact) mass is 320 g/mol. The van der Waals surface area contributed by atoms with Crippen LogP contribution in [0, 0.1) is 34.5 Å². The van der Waals surface area contributed by atoms with Crippen molar-refractivity contribution in [1.82, 2.24) is 0 Å². The predicted molar refractivity (Wildman–Crippen MR) is 92.7 cm³/mol. The van der Waals surface area contributed by atoms with Gasteiger partial charge in [-0.15, -0.1) is 0 Å². The van der Waals surface area contributed by atoms with E-state index in [0.29, 0.717) is 17.8 Å². The van der Waals surface area contributed by atoms with Crippen LogP contribution >= 0.6 is 11.6 Å². The molecule has 0 spiro atoms. The minimum Gasteiger partial charge on any atom is -0.281 e. The maximum atomic E-state index is 12.1. The quantitative estimate of drug-likeness (QED) is 0.593. The van der Waals surface area contributed by atoms with Gasteiger partial charge >= 0.3 is 0 Å². The van der Waals surface area contributed by atoms with Gasteiger partial charge in [0.1, 0.15) is 0 Å². The van der Waals surface area contributed by atoms with Crippen LogP contribution in [0.4, 0.5) is 0 Å². The van der Waals surface area contributed by atoms with Crippen LogP contribution in [0.2, 0.25) is 0 Å². The zero-order valence-corrected chi connectivity index (χ0v) is 15.1. The van der Waals surface area contributed by atoms with Gasteiger partial charge in [0.15, 0.2) is 0 Å². The second-order valence-corrected chi connectivity index (χ2v) is 8.94. The number of halogens is 1. The molecule has 1 nitrogen and oxygen atoms in total. The molecule has 22 heavy (non-hydrogen) atoms. The zero-order chi connectivity index (χ0) is 16.1. The van der Waals surface area contributed by atoms with Crippen LogP contribution in [0.1, 0.15) is 59.8 Å². The van der Waals surface area contributed by atoms with Gasteiger partial charge in [0, 0.05) is 5.41 Å². The van der Waals surface area contributed by atoms with E-state index in [4.69, 9.17) is 11.6 Å². The van der Waals surface area contributed by atoms with Gasteiger partial charge in [-0.2, -0.15) is 0 Å². The number of rotatable bonds is 2. The van der Waals surface area contributed by atoms with Gasteiger partial charge in [-0.1, -0.05) is 52.3 Å². The molecule has 0 aromatic carbocycles. The van der Waals surface area contributed by atoms with Crippen LogP contribution in [0.15, 0.2) is 23.8 Å². The van der Waals surface area contributed by atoms with E-state index in [1.54, 1.807) is 0 Å². The third kappa shape index (κ3) is 2.31. The normalized spacial score (nSPS) is 44.3. The molecule has 0 aromatic rings. The van der Waals surface area contributed by atoms with Crippen molar-refractivity contribution in [3.63, 3.8) is 0 Å². The number of carbonyl (C=O) groups is 1. The number of fused-ring (bicyclic) bond motifs is 3. The number of hydrogen-bond acceptors (Lipinski definition) is 1. The van der Waals surface area contributed by atoms with Crippen molar-refractivity contribution in [3.8, 4) is 0 Å². The number of hydrogen-bond donors (Lipinski definition) is 0. The Morgan fingerprint density at radius 3 is 2.64 bits per heavy atom. The van der Waals surface area contributed by atoms with Crippen molar-refractivity contribution in [1.29, 1.82) is 0 Å². The largest absolute Gasteiger partial charge is 0.281 e. The van der Waals surface area contributed by atoms with Crippen LogP contribution < -0.4 is 0 Å². The first-order chi connectivity index (χ1) is 10.3. The lowest BCUT2D eigenvalue weighted by Crippen LogP contribution is -2.51. The summed E-state index contributed by atoms with van der Waals surface area (Å²) < 4.78 is 0. The highest BCUT2D eigenvalue weighted by Gasteiger charge is 2.56. The predicted octanol–water partition coefficient (Wildman–Crippen LogP) is 5.74. The van der Waals surface area contributed by atoms with E-state index in [0.717, 1.165) is 12.8 Å². The molecule has 3 rings (SSSR count). The van der Waals surface area contributed by atoms with Crippen molar-refractivity contribution >= 4 is 16.8 Å². The van der Waals surface area contributed by atoms with E-state index in [1.165, 1.54) is 24.8 Å². The van der Waals surface area contributed by atoms with E-state index in [-0.39, 0.29) is 22.0 Å². The third-order valence-electron chi connectivity index (χ3n) is 6.99. The Kier molecular flexibility index (Phi) is 4.08. The van der Waals surface area contributed by atoms with E-state index >= 15 is 0 Å². The molecule has 3 aliphatic carbocycles. The summed E-state index contributed by atoms with van der Waals surface area (Å²) in [5.74, 6) is 2.32. The van der Waals surface area contributed by atoms with Crippen LogP contribution in [0.25, 0.3) is 0 Å². The Morgan fingerprint density at radius 1 is 1.27 bits per heavy atom. The third-order valence-corrected chi connectivity index (χ3v) is 7.42. The lowest BCUT2D eigenvalue weighted by Gasteiger charge is -2.56. The molecule has 0 heterocycles. The van der Waals surface area contributed by atoms with Crippen molar-refractivity contribution in [2.24, 2.45) is 34.5 Å². The van der Waals surface area contributed by atoms with Crippen molar-refractivity contribution in [3.05, 3.63) is 23.8 Å². The van der Waals surface area contributed by atoms with Gasteiger partial charge in [0.05, 0.1) is 0 Å². The summed E-state index contributed by atoms with van der Waals surface area (Å²) in [5.41, 5.74) is 1.33. The van der Waals surface area contributed by atoms with E-state index in [9.17, 15) is 4.79 Å². The molecule has 3 unspecified atom stereocenters. The van der Waals surface area contributed by atoms with Crippen LogP contribution in [-0.4, -0.2) is 5.24 Å². The molecular weight excluding hydrogens is 292 g/mol. The van der Waals surface area contributed by atoms with Gasteiger partial charge in [0.25, 0.3) is 0 Å². The van der Waals surface area contributed by atoms with E-state index in [2.05, 4.69) is 45.9 Å². The van der Waals surface area contributed by atoms with Gasteiger partial charge < -0.3 is 0 Å². The summed E-state index contributed by atoms with van der Waals surface area (Å²) in [5, 5.41) is -0.142. The first kappa shape index (κ1) is 16.3. The van der Waals surface area contributed by atoms with Crippen LogP contribution in [0.3, 0.4) is 0 Å². The first-order valence-electron chi connectivity index (χ1n) is 8.89. The molecule has 5 atom stereocenters.